The van der Waals surface area contributed by atoms with E-state index in [1.54, 1.807) is 84.9 Å². The third-order valence-electron chi connectivity index (χ3n) is 13.9. The molecule has 12 nitrogen and oxygen atoms in total. The predicted molar refractivity (Wildman–Crippen MR) is 310 cm³/mol. The second-order valence-electron chi connectivity index (χ2n) is 19.7. The van der Waals surface area contributed by atoms with Gasteiger partial charge in [-0.2, -0.15) is 0 Å². The summed E-state index contributed by atoms with van der Waals surface area (Å²) in [4.78, 5) is 42.9. The summed E-state index contributed by atoms with van der Waals surface area (Å²) in [7, 11) is 0. The van der Waals surface area contributed by atoms with E-state index in [-0.39, 0.29) is 84.7 Å². The summed E-state index contributed by atoms with van der Waals surface area (Å²) in [5, 5.41) is -0.0602. The van der Waals surface area contributed by atoms with Crippen LogP contribution in [0.2, 0.25) is 0 Å². The number of fused-ring (bicyclic) bond motifs is 1. The highest BCUT2D eigenvalue weighted by Crippen LogP contribution is 2.49. The van der Waals surface area contributed by atoms with Gasteiger partial charge in [0.2, 0.25) is 0 Å². The fourth-order valence-electron chi connectivity index (χ4n) is 9.83. The van der Waals surface area contributed by atoms with E-state index in [9.17, 15) is 9.59 Å². The molecule has 410 valence electrons. The summed E-state index contributed by atoms with van der Waals surface area (Å²) in [5.74, 6) is -0.798. The highest BCUT2D eigenvalue weighted by Gasteiger charge is 2.51. The average molecular weight is 1090 g/mol. The van der Waals surface area contributed by atoms with Crippen molar-refractivity contribution in [2.24, 2.45) is 0 Å². The molecule has 0 radical (unpaired) electrons. The van der Waals surface area contributed by atoms with E-state index < -0.39 is 47.9 Å². The molecule has 82 heavy (non-hydrogen) atoms. The summed E-state index contributed by atoms with van der Waals surface area (Å²) >= 11 is 0. The van der Waals surface area contributed by atoms with E-state index in [4.69, 9.17) is 42.3 Å². The van der Waals surface area contributed by atoms with Crippen molar-refractivity contribution >= 4 is 22.9 Å². The van der Waals surface area contributed by atoms with Crippen LogP contribution in [0.1, 0.15) is 60.2 Å². The van der Waals surface area contributed by atoms with Gasteiger partial charge in [0.15, 0.2) is 11.2 Å². The zero-order valence-corrected chi connectivity index (χ0v) is 44.7. The number of hydrogen-bond donors (Lipinski definition) is 0. The summed E-state index contributed by atoms with van der Waals surface area (Å²) < 4.78 is 61.3. The van der Waals surface area contributed by atoms with Crippen LogP contribution < -0.4 is 19.6 Å². The Labute approximate surface area is 475 Å². The van der Waals surface area contributed by atoms with Crippen molar-refractivity contribution in [2.75, 3.05) is 6.61 Å². The molecular weight excluding hydrogens is 1030 g/mol. The largest absolute Gasteiger partial charge is 0.488 e. The zero-order chi connectivity index (χ0) is 55.9. The lowest BCUT2D eigenvalue weighted by molar-refractivity contribution is -0.275. The van der Waals surface area contributed by atoms with Crippen LogP contribution in [0.25, 0.3) is 22.3 Å². The first-order chi connectivity index (χ1) is 40.4. The van der Waals surface area contributed by atoms with Crippen molar-refractivity contribution in [3.05, 3.63) is 303 Å². The van der Waals surface area contributed by atoms with Gasteiger partial charge < -0.3 is 42.3 Å². The van der Waals surface area contributed by atoms with Gasteiger partial charge in [-0.05, 0) is 76.3 Å². The number of carbonyl (C=O) groups excluding carboxylic acids is 2. The van der Waals surface area contributed by atoms with Crippen LogP contribution in [-0.4, -0.2) is 43.0 Å². The molecule has 1 saturated heterocycles. The summed E-state index contributed by atoms with van der Waals surface area (Å²) in [6.07, 6.45) is -4.89. The van der Waals surface area contributed by atoms with E-state index >= 15 is 4.79 Å². The van der Waals surface area contributed by atoms with Gasteiger partial charge in [0.25, 0.3) is 0 Å². The van der Waals surface area contributed by atoms with E-state index in [1.807, 2.05) is 158 Å². The van der Waals surface area contributed by atoms with E-state index in [0.29, 0.717) is 11.1 Å². The molecule has 0 spiro atoms. The Morgan fingerprint density at radius 2 is 0.878 bits per heavy atom. The third kappa shape index (κ3) is 13.6. The van der Waals surface area contributed by atoms with Crippen LogP contribution in [-0.2, 0) is 56.7 Å². The van der Waals surface area contributed by atoms with E-state index in [2.05, 4.69) is 0 Å². The molecule has 5 atom stereocenters. The van der Waals surface area contributed by atoms with Gasteiger partial charge in [-0.3, -0.25) is 4.79 Å². The number of esters is 2. The molecule has 0 amide bonds. The molecule has 1 fully saturated rings. The lowest BCUT2D eigenvalue weighted by Crippen LogP contribution is -2.58. The first kappa shape index (κ1) is 54.7. The molecular formula is C70H58O12. The Balaban J connectivity index is 1.09. The van der Waals surface area contributed by atoms with Crippen LogP contribution >= 0.6 is 0 Å². The van der Waals surface area contributed by atoms with Gasteiger partial charge in [0, 0.05) is 17.7 Å². The molecule has 10 aromatic rings. The zero-order valence-electron chi connectivity index (χ0n) is 44.7. The highest BCUT2D eigenvalue weighted by atomic mass is 16.6. The molecule has 0 bridgehead atoms. The Hall–Kier alpha value is -9.27. The lowest BCUT2D eigenvalue weighted by Gasteiger charge is -2.46. The second-order valence-corrected chi connectivity index (χ2v) is 19.7. The fraction of sp³-hybridized carbons (Fsp3) is 0.157. The molecule has 1 aliphatic heterocycles. The summed E-state index contributed by atoms with van der Waals surface area (Å²) in [6.45, 7) is 0.759. The number of benzene rings is 9. The molecule has 9 aromatic carbocycles. The number of rotatable bonds is 22. The van der Waals surface area contributed by atoms with Gasteiger partial charge in [0.1, 0.15) is 65.4 Å². The SMILES string of the molecule is O=C(Oc1ccc(-c2cc(=O)c3c(OC(=O)c4ccccc4)c([C@@H]4O[C@H](COCc5ccccc5)[C@@H](OCc5ccccc5)[C@H](OCc5ccccc5)[C@H]4OCc4ccccc4)c(OCc4ccccc4)cc3o2)cc1)c1ccccc1. The molecule has 0 saturated carbocycles. The third-order valence-corrected chi connectivity index (χ3v) is 13.9. The monoisotopic (exact) mass is 1090 g/mol. The highest BCUT2D eigenvalue weighted by molar-refractivity contribution is 5.96. The first-order valence-electron chi connectivity index (χ1n) is 27.1. The minimum absolute atomic E-state index is 0.0180. The smallest absolute Gasteiger partial charge is 0.343 e. The van der Waals surface area contributed by atoms with Crippen molar-refractivity contribution in [1.82, 2.24) is 0 Å². The topological polar surface area (TPSA) is 138 Å². The van der Waals surface area contributed by atoms with E-state index in [0.717, 1.165) is 27.8 Å². The van der Waals surface area contributed by atoms with Crippen LogP contribution in [0.15, 0.2) is 258 Å². The van der Waals surface area contributed by atoms with Gasteiger partial charge in [-0.1, -0.05) is 188 Å². The lowest BCUT2D eigenvalue weighted by atomic mass is 9.88. The molecule has 1 aromatic heterocycles. The normalized spacial score (nSPS) is 16.8. The Morgan fingerprint density at radius 1 is 0.439 bits per heavy atom. The molecule has 11 rings (SSSR count). The first-order valence-corrected chi connectivity index (χ1v) is 27.1. The Kier molecular flexibility index (Phi) is 17.9. The average Bonchev–Trinajstić information content (AvgIpc) is 2.95. The minimum Gasteiger partial charge on any atom is -0.488 e. The van der Waals surface area contributed by atoms with Crippen molar-refractivity contribution in [2.45, 2.75) is 63.6 Å². The van der Waals surface area contributed by atoms with Gasteiger partial charge in [0.05, 0.1) is 49.7 Å². The standard InChI is InChI=1S/C70H58O12/c71-57-40-58(53-36-38-56(39-37-53)79-69(72)54-32-18-6-19-33-54)80-60-41-59(75-43-49-24-10-2-11-25-49)63(65(62(57)60)82-70(73)55-34-20-7-21-35-55)66-68(78-46-52-30-16-5-17-31-52)67(77-45-51-28-14-4-15-29-51)64(76-44-50-26-12-3-13-27-50)61(81-66)47-74-42-48-22-8-1-9-23-48/h1-41,61,64,66-68H,42-47H2/t61-,64-,66+,67+,68+/m1/s1. The predicted octanol–water partition coefficient (Wildman–Crippen LogP) is 13.9. The summed E-state index contributed by atoms with van der Waals surface area (Å²) in [5.41, 5.74) is 5.28. The van der Waals surface area contributed by atoms with Crippen LogP contribution in [0, 0.1) is 0 Å². The second kappa shape index (κ2) is 26.8. The van der Waals surface area contributed by atoms with Gasteiger partial charge in [-0.15, -0.1) is 0 Å². The van der Waals surface area contributed by atoms with E-state index in [1.165, 1.54) is 6.07 Å². The number of hydrogen-bond acceptors (Lipinski definition) is 12. The summed E-state index contributed by atoms with van der Waals surface area (Å²) in [6, 6.07) is 75.6. The van der Waals surface area contributed by atoms with Crippen LogP contribution in [0.5, 0.6) is 17.2 Å². The van der Waals surface area contributed by atoms with Crippen LogP contribution in [0.4, 0.5) is 0 Å². The molecule has 12 heteroatoms. The molecule has 2 heterocycles. The van der Waals surface area contributed by atoms with Crippen molar-refractivity contribution in [3.63, 3.8) is 0 Å². The minimum atomic E-state index is -1.22. The fourth-order valence-corrected chi connectivity index (χ4v) is 9.83. The molecule has 0 N–H and O–H groups in total. The molecule has 0 unspecified atom stereocenters. The maximum Gasteiger partial charge on any atom is 0.343 e. The maximum atomic E-state index is 15.2. The quantitative estimate of drug-likeness (QED) is 0.0472. The van der Waals surface area contributed by atoms with Gasteiger partial charge >= 0.3 is 11.9 Å². The van der Waals surface area contributed by atoms with Crippen molar-refractivity contribution < 1.29 is 51.9 Å². The molecule has 0 aliphatic carbocycles. The van der Waals surface area contributed by atoms with Crippen LogP contribution in [0.3, 0.4) is 0 Å². The Morgan fingerprint density at radius 3 is 1.39 bits per heavy atom. The van der Waals surface area contributed by atoms with Gasteiger partial charge in [-0.25, -0.2) is 9.59 Å². The number of ether oxygens (including phenoxy) is 8. The van der Waals surface area contributed by atoms with Crippen molar-refractivity contribution in [1.29, 1.82) is 0 Å². The Bertz CT molecular complexity index is 3720. The van der Waals surface area contributed by atoms with Crippen molar-refractivity contribution in [3.8, 4) is 28.6 Å². The number of carbonyl (C=O) groups is 2. The molecule has 1 aliphatic rings. The maximum absolute atomic E-state index is 15.2.